The average Bonchev–Trinajstić information content (AvgIpc) is 2.92. The molecule has 7 heteroatoms. The molecular formula is C23H36N2O4S. The highest BCUT2D eigenvalue weighted by atomic mass is 32.2. The Kier molecular flexibility index (Phi) is 6.38. The molecule has 0 bridgehead atoms. The first kappa shape index (κ1) is 23.2. The van der Waals surface area contributed by atoms with E-state index in [1.165, 1.54) is 5.56 Å². The van der Waals surface area contributed by atoms with E-state index in [2.05, 4.69) is 10.8 Å². The van der Waals surface area contributed by atoms with E-state index >= 15 is 0 Å². The number of rotatable bonds is 3. The highest BCUT2D eigenvalue weighted by Crippen LogP contribution is 2.52. The number of fused-ring (bicyclic) bond motifs is 1. The Morgan fingerprint density at radius 3 is 2.40 bits per heavy atom. The summed E-state index contributed by atoms with van der Waals surface area (Å²) in [4.78, 5) is 14.3. The summed E-state index contributed by atoms with van der Waals surface area (Å²) in [6, 6.07) is 6.03. The van der Waals surface area contributed by atoms with Gasteiger partial charge < -0.3 is 14.7 Å². The fourth-order valence-corrected chi connectivity index (χ4v) is 5.33. The van der Waals surface area contributed by atoms with Gasteiger partial charge in [0.2, 0.25) is 0 Å². The first-order valence-electron chi connectivity index (χ1n) is 10.7. The van der Waals surface area contributed by atoms with Crippen LogP contribution < -0.4 is 4.72 Å². The summed E-state index contributed by atoms with van der Waals surface area (Å²) in [5.41, 5.74) is 2.62. The molecule has 0 saturated carbocycles. The van der Waals surface area contributed by atoms with Crippen molar-refractivity contribution in [3.8, 4) is 0 Å². The molecule has 1 fully saturated rings. The molecule has 168 valence electrons. The lowest BCUT2D eigenvalue weighted by Crippen LogP contribution is -2.49. The minimum atomic E-state index is -1.22. The lowest BCUT2D eigenvalue weighted by molar-refractivity contribution is 0.00723. The zero-order valence-electron chi connectivity index (χ0n) is 19.1. The van der Waals surface area contributed by atoms with Crippen LogP contribution in [0.5, 0.6) is 0 Å². The molecule has 1 amide bonds. The van der Waals surface area contributed by atoms with E-state index in [0.717, 1.165) is 30.4 Å². The van der Waals surface area contributed by atoms with Crippen LogP contribution >= 0.6 is 0 Å². The summed E-state index contributed by atoms with van der Waals surface area (Å²) in [6.07, 6.45) is 2.25. The molecule has 1 spiro atoms. The molecule has 30 heavy (non-hydrogen) atoms. The summed E-state index contributed by atoms with van der Waals surface area (Å²) in [7, 11) is -1.22. The van der Waals surface area contributed by atoms with Crippen LogP contribution in [0.1, 0.15) is 77.1 Å². The Hall–Kier alpha value is -1.44. The summed E-state index contributed by atoms with van der Waals surface area (Å²) in [5.74, 6) is 0. The van der Waals surface area contributed by atoms with Crippen molar-refractivity contribution in [2.45, 2.75) is 83.8 Å². The van der Waals surface area contributed by atoms with Gasteiger partial charge in [0.15, 0.2) is 0 Å². The number of hydrogen-bond donors (Lipinski definition) is 2. The van der Waals surface area contributed by atoms with Crippen molar-refractivity contribution in [2.75, 3.05) is 13.1 Å². The Labute approximate surface area is 183 Å². The molecule has 1 aliphatic heterocycles. The van der Waals surface area contributed by atoms with Crippen LogP contribution in [-0.2, 0) is 28.8 Å². The SMILES string of the molecule is CC(C)(C)OC(=O)N1CCC2(CC1)Cc1ccc(CO)cc1[C@H]2NS(=O)C(C)(C)C. The number of ether oxygens (including phenoxy) is 1. The fraction of sp³-hybridized carbons (Fsp3) is 0.696. The highest BCUT2D eigenvalue weighted by Gasteiger charge is 2.49. The number of nitrogens with zero attached hydrogens (tertiary/aromatic N) is 1. The number of amides is 1. The molecule has 1 saturated heterocycles. The molecule has 6 nitrogen and oxygen atoms in total. The largest absolute Gasteiger partial charge is 0.444 e. The maximum atomic E-state index is 13.0. The number of aliphatic hydroxyl groups excluding tert-OH is 1. The van der Waals surface area contributed by atoms with Crippen molar-refractivity contribution < 1.29 is 18.8 Å². The Morgan fingerprint density at radius 2 is 1.87 bits per heavy atom. The molecule has 1 heterocycles. The van der Waals surface area contributed by atoms with Gasteiger partial charge in [0.1, 0.15) is 5.60 Å². The van der Waals surface area contributed by atoms with E-state index in [4.69, 9.17) is 4.74 Å². The average molecular weight is 437 g/mol. The summed E-state index contributed by atoms with van der Waals surface area (Å²) >= 11 is 0. The van der Waals surface area contributed by atoms with Crippen molar-refractivity contribution in [1.29, 1.82) is 0 Å². The molecule has 2 aliphatic rings. The summed E-state index contributed by atoms with van der Waals surface area (Å²) < 4.78 is 21.6. The fourth-order valence-electron chi connectivity index (χ4n) is 4.38. The lowest BCUT2D eigenvalue weighted by atomic mass is 9.73. The van der Waals surface area contributed by atoms with Gasteiger partial charge in [0, 0.05) is 13.1 Å². The standard InChI is InChI=1S/C23H36N2O4S/c1-21(2,3)29-20(27)25-11-9-23(10-12-25)14-17-8-7-16(15-26)13-18(17)19(23)24-30(28)22(4,5)6/h7-8,13,19,24,26H,9-12,14-15H2,1-6H3/t19-,30?/m1/s1. The maximum absolute atomic E-state index is 13.0. The van der Waals surface area contributed by atoms with Crippen LogP contribution in [0.15, 0.2) is 18.2 Å². The summed E-state index contributed by atoms with van der Waals surface area (Å²) in [6.45, 7) is 12.8. The molecule has 2 N–H and O–H groups in total. The number of piperidine rings is 1. The second-order valence-corrected chi connectivity index (χ2v) is 12.6. The van der Waals surface area contributed by atoms with E-state index < -0.39 is 16.6 Å². The van der Waals surface area contributed by atoms with E-state index in [1.807, 2.05) is 53.7 Å². The number of carbonyl (C=O) groups excluding carboxylic acids is 1. The van der Waals surface area contributed by atoms with E-state index in [-0.39, 0.29) is 28.9 Å². The van der Waals surface area contributed by atoms with Gasteiger partial charge >= 0.3 is 6.09 Å². The Balaban J connectivity index is 1.84. The van der Waals surface area contributed by atoms with E-state index in [0.29, 0.717) is 13.1 Å². The van der Waals surface area contributed by atoms with E-state index in [9.17, 15) is 14.1 Å². The molecule has 1 aliphatic carbocycles. The van der Waals surface area contributed by atoms with Gasteiger partial charge in [-0.05, 0) is 82.9 Å². The van der Waals surface area contributed by atoms with Gasteiger partial charge in [-0.25, -0.2) is 13.7 Å². The molecule has 3 rings (SSSR count). The van der Waals surface area contributed by atoms with E-state index in [1.54, 1.807) is 4.90 Å². The quantitative estimate of drug-likeness (QED) is 0.754. The van der Waals surface area contributed by atoms with Crippen molar-refractivity contribution >= 4 is 17.1 Å². The smallest absolute Gasteiger partial charge is 0.410 e. The van der Waals surface area contributed by atoms with Crippen LogP contribution in [0.25, 0.3) is 0 Å². The molecule has 2 atom stereocenters. The Bertz CT molecular complexity index is 817. The third-order valence-corrected chi connectivity index (χ3v) is 7.61. The molecule has 1 aromatic carbocycles. The molecule has 0 aromatic heterocycles. The summed E-state index contributed by atoms with van der Waals surface area (Å²) in [5, 5.41) is 9.62. The topological polar surface area (TPSA) is 78.9 Å². The number of nitrogens with one attached hydrogen (secondary N) is 1. The van der Waals surface area contributed by atoms with Crippen molar-refractivity contribution in [2.24, 2.45) is 5.41 Å². The minimum Gasteiger partial charge on any atom is -0.444 e. The van der Waals surface area contributed by atoms with Crippen LogP contribution in [0.4, 0.5) is 4.79 Å². The molecular weight excluding hydrogens is 400 g/mol. The second-order valence-electron chi connectivity index (χ2n) is 10.6. The monoisotopic (exact) mass is 436 g/mol. The third kappa shape index (κ3) is 4.89. The van der Waals surface area contributed by atoms with Gasteiger partial charge in [-0.15, -0.1) is 0 Å². The maximum Gasteiger partial charge on any atom is 0.410 e. The number of hydrogen-bond acceptors (Lipinski definition) is 4. The zero-order valence-corrected chi connectivity index (χ0v) is 19.9. The normalized spacial score (nSPS) is 22.1. The number of benzene rings is 1. The van der Waals surface area contributed by atoms with Crippen LogP contribution in [0.3, 0.4) is 0 Å². The second kappa shape index (κ2) is 8.24. The number of likely N-dealkylation sites (tertiary alicyclic amines) is 1. The van der Waals surface area contributed by atoms with Gasteiger partial charge in [0.25, 0.3) is 0 Å². The molecule has 1 unspecified atom stereocenters. The van der Waals surface area contributed by atoms with Crippen molar-refractivity contribution in [3.63, 3.8) is 0 Å². The van der Waals surface area contributed by atoms with Crippen LogP contribution in [-0.4, -0.2) is 43.7 Å². The van der Waals surface area contributed by atoms with Crippen LogP contribution in [0.2, 0.25) is 0 Å². The van der Waals surface area contributed by atoms with Gasteiger partial charge in [0.05, 0.1) is 28.4 Å². The number of aliphatic hydroxyl groups is 1. The Morgan fingerprint density at radius 1 is 1.23 bits per heavy atom. The van der Waals surface area contributed by atoms with Gasteiger partial charge in [-0.1, -0.05) is 18.2 Å². The lowest BCUT2D eigenvalue weighted by Gasteiger charge is -2.44. The van der Waals surface area contributed by atoms with Gasteiger partial charge in [-0.2, -0.15) is 0 Å². The molecule has 0 radical (unpaired) electrons. The predicted molar refractivity (Wildman–Crippen MR) is 119 cm³/mol. The minimum absolute atomic E-state index is 0.0121. The molecule has 1 aromatic rings. The van der Waals surface area contributed by atoms with Crippen LogP contribution in [0, 0.1) is 5.41 Å². The van der Waals surface area contributed by atoms with Gasteiger partial charge in [-0.3, -0.25) is 0 Å². The highest BCUT2D eigenvalue weighted by molar-refractivity contribution is 7.84. The first-order chi connectivity index (χ1) is 13.8. The first-order valence-corrected chi connectivity index (χ1v) is 11.9. The number of carbonyl (C=O) groups is 1. The van der Waals surface area contributed by atoms with Crippen molar-refractivity contribution in [3.05, 3.63) is 34.9 Å². The zero-order chi connectivity index (χ0) is 22.3. The van der Waals surface area contributed by atoms with Crippen molar-refractivity contribution in [1.82, 2.24) is 9.62 Å². The third-order valence-electron chi connectivity index (χ3n) is 6.05. The predicted octanol–water partition coefficient (Wildman–Crippen LogP) is 3.85.